The summed E-state index contributed by atoms with van der Waals surface area (Å²) < 4.78 is 5.65. The van der Waals surface area contributed by atoms with Crippen molar-refractivity contribution in [2.24, 2.45) is 0 Å². The molecule has 2 aromatic rings. The average molecular weight is 289 g/mol. The third kappa shape index (κ3) is 4.03. The van der Waals surface area contributed by atoms with E-state index < -0.39 is 0 Å². The highest BCUT2D eigenvalue weighted by atomic mass is 16.5. The molecule has 0 unspecified atom stereocenters. The molecular formula is C14H19N5O2. The fourth-order valence-electron chi connectivity index (χ4n) is 1.60. The maximum atomic E-state index is 9.02. The van der Waals surface area contributed by atoms with E-state index in [4.69, 9.17) is 9.84 Å². The van der Waals surface area contributed by atoms with Crippen LogP contribution in [0.15, 0.2) is 24.3 Å². The molecule has 0 aliphatic carbocycles. The van der Waals surface area contributed by atoms with Crippen LogP contribution in [0.5, 0.6) is 11.8 Å². The van der Waals surface area contributed by atoms with Gasteiger partial charge in [0.25, 0.3) is 0 Å². The van der Waals surface area contributed by atoms with Gasteiger partial charge in [0.05, 0.1) is 6.61 Å². The standard InChI is InChI=1S/C14H19N5O2/c1-4-15-12-16-13(19(2)3)18-14(17-12)21-11-7-5-10(9-20)6-8-11/h5-8,20H,4,9H2,1-3H3,(H,15,16,17,18). The van der Waals surface area contributed by atoms with Crippen LogP contribution in [-0.4, -0.2) is 40.7 Å². The number of rotatable bonds is 6. The third-order valence-corrected chi connectivity index (χ3v) is 2.65. The third-order valence-electron chi connectivity index (χ3n) is 2.65. The molecule has 0 atom stereocenters. The summed E-state index contributed by atoms with van der Waals surface area (Å²) >= 11 is 0. The Morgan fingerprint density at radius 2 is 1.86 bits per heavy atom. The summed E-state index contributed by atoms with van der Waals surface area (Å²) in [7, 11) is 3.70. The second kappa shape index (κ2) is 6.85. The second-order valence-electron chi connectivity index (χ2n) is 4.57. The first-order valence-electron chi connectivity index (χ1n) is 6.67. The summed E-state index contributed by atoms with van der Waals surface area (Å²) in [6.45, 7) is 2.68. The number of anilines is 2. The Morgan fingerprint density at radius 3 is 2.43 bits per heavy atom. The van der Waals surface area contributed by atoms with Crippen molar-refractivity contribution in [3.05, 3.63) is 29.8 Å². The molecule has 2 rings (SSSR count). The summed E-state index contributed by atoms with van der Waals surface area (Å²) in [5.74, 6) is 1.59. The molecule has 0 aliphatic heterocycles. The molecule has 21 heavy (non-hydrogen) atoms. The second-order valence-corrected chi connectivity index (χ2v) is 4.57. The van der Waals surface area contributed by atoms with Crippen LogP contribution in [0.2, 0.25) is 0 Å². The summed E-state index contributed by atoms with van der Waals surface area (Å²) in [4.78, 5) is 14.5. The fourth-order valence-corrected chi connectivity index (χ4v) is 1.60. The Balaban J connectivity index is 2.24. The Kier molecular flexibility index (Phi) is 4.89. The molecule has 0 radical (unpaired) electrons. The highest BCUT2D eigenvalue weighted by Gasteiger charge is 2.09. The molecule has 0 spiro atoms. The van der Waals surface area contributed by atoms with Gasteiger partial charge in [-0.05, 0) is 24.6 Å². The van der Waals surface area contributed by atoms with Gasteiger partial charge < -0.3 is 20.1 Å². The number of nitrogens with zero attached hydrogens (tertiary/aromatic N) is 4. The zero-order chi connectivity index (χ0) is 15.2. The molecular weight excluding hydrogens is 270 g/mol. The SMILES string of the molecule is CCNc1nc(Oc2ccc(CO)cc2)nc(N(C)C)n1. The van der Waals surface area contributed by atoms with Gasteiger partial charge in [0.1, 0.15) is 5.75 Å². The van der Waals surface area contributed by atoms with Crippen molar-refractivity contribution in [2.45, 2.75) is 13.5 Å². The molecule has 0 saturated heterocycles. The lowest BCUT2D eigenvalue weighted by atomic mass is 10.2. The van der Waals surface area contributed by atoms with E-state index in [-0.39, 0.29) is 12.6 Å². The lowest BCUT2D eigenvalue weighted by molar-refractivity contribution is 0.281. The van der Waals surface area contributed by atoms with Crippen LogP contribution in [0, 0.1) is 0 Å². The van der Waals surface area contributed by atoms with Crippen molar-refractivity contribution >= 4 is 11.9 Å². The van der Waals surface area contributed by atoms with Gasteiger partial charge in [-0.2, -0.15) is 15.0 Å². The van der Waals surface area contributed by atoms with Gasteiger partial charge in [-0.3, -0.25) is 0 Å². The number of aromatic nitrogens is 3. The number of hydrogen-bond acceptors (Lipinski definition) is 7. The first-order chi connectivity index (χ1) is 10.1. The minimum Gasteiger partial charge on any atom is -0.424 e. The highest BCUT2D eigenvalue weighted by Crippen LogP contribution is 2.21. The Bertz CT molecular complexity index is 586. The van der Waals surface area contributed by atoms with Crippen LogP contribution >= 0.6 is 0 Å². The molecule has 0 aliphatic rings. The van der Waals surface area contributed by atoms with E-state index in [0.717, 1.165) is 5.56 Å². The number of aliphatic hydroxyl groups excluding tert-OH is 1. The smallest absolute Gasteiger partial charge is 0.328 e. The van der Waals surface area contributed by atoms with Crippen LogP contribution in [0.3, 0.4) is 0 Å². The van der Waals surface area contributed by atoms with Gasteiger partial charge >= 0.3 is 6.01 Å². The molecule has 1 heterocycles. The van der Waals surface area contributed by atoms with Gasteiger partial charge in [-0.15, -0.1) is 0 Å². The van der Waals surface area contributed by atoms with E-state index in [1.807, 2.05) is 21.0 Å². The zero-order valence-corrected chi connectivity index (χ0v) is 12.4. The van der Waals surface area contributed by atoms with Crippen LogP contribution in [0.25, 0.3) is 0 Å². The lowest BCUT2D eigenvalue weighted by Gasteiger charge is -2.13. The average Bonchev–Trinajstić information content (AvgIpc) is 2.48. The predicted octanol–water partition coefficient (Wildman–Crippen LogP) is 1.65. The molecule has 0 fully saturated rings. The van der Waals surface area contributed by atoms with Crippen molar-refractivity contribution in [1.82, 2.24) is 15.0 Å². The van der Waals surface area contributed by atoms with Crippen molar-refractivity contribution in [3.8, 4) is 11.8 Å². The molecule has 0 bridgehead atoms. The monoisotopic (exact) mass is 289 g/mol. The highest BCUT2D eigenvalue weighted by molar-refractivity contribution is 5.38. The van der Waals surface area contributed by atoms with Crippen molar-refractivity contribution in [1.29, 1.82) is 0 Å². The van der Waals surface area contributed by atoms with Crippen molar-refractivity contribution in [2.75, 3.05) is 30.9 Å². The lowest BCUT2D eigenvalue weighted by Crippen LogP contribution is -2.15. The number of aliphatic hydroxyl groups is 1. The van der Waals surface area contributed by atoms with Gasteiger partial charge in [0.2, 0.25) is 11.9 Å². The van der Waals surface area contributed by atoms with E-state index in [1.54, 1.807) is 29.2 Å². The van der Waals surface area contributed by atoms with Crippen molar-refractivity contribution in [3.63, 3.8) is 0 Å². The Labute approximate surface area is 123 Å². The minimum atomic E-state index is 0.00137. The largest absolute Gasteiger partial charge is 0.424 e. The Morgan fingerprint density at radius 1 is 1.14 bits per heavy atom. The Hall–Kier alpha value is -2.41. The number of ether oxygens (including phenoxy) is 1. The first-order valence-corrected chi connectivity index (χ1v) is 6.67. The maximum absolute atomic E-state index is 9.02. The van der Waals surface area contributed by atoms with Crippen molar-refractivity contribution < 1.29 is 9.84 Å². The van der Waals surface area contributed by atoms with Crippen LogP contribution in [0.4, 0.5) is 11.9 Å². The molecule has 7 nitrogen and oxygen atoms in total. The first kappa shape index (κ1) is 15.0. The number of hydrogen-bond donors (Lipinski definition) is 2. The normalized spacial score (nSPS) is 10.3. The fraction of sp³-hybridized carbons (Fsp3) is 0.357. The van der Waals surface area contributed by atoms with Crippen LogP contribution in [0.1, 0.15) is 12.5 Å². The molecule has 1 aromatic carbocycles. The van der Waals surface area contributed by atoms with Gasteiger partial charge in [0.15, 0.2) is 0 Å². The van der Waals surface area contributed by atoms with Crippen LogP contribution < -0.4 is 15.0 Å². The molecule has 0 saturated carbocycles. The summed E-state index contributed by atoms with van der Waals surface area (Å²) in [5, 5.41) is 12.1. The molecule has 2 N–H and O–H groups in total. The summed E-state index contributed by atoms with van der Waals surface area (Å²) in [6, 6.07) is 7.32. The molecule has 1 aromatic heterocycles. The van der Waals surface area contributed by atoms with E-state index in [9.17, 15) is 0 Å². The molecule has 7 heteroatoms. The zero-order valence-electron chi connectivity index (χ0n) is 12.4. The quantitative estimate of drug-likeness (QED) is 0.836. The van der Waals surface area contributed by atoms with Gasteiger partial charge in [0, 0.05) is 20.6 Å². The summed E-state index contributed by atoms with van der Waals surface area (Å²) in [6.07, 6.45) is 0. The van der Waals surface area contributed by atoms with Gasteiger partial charge in [-0.1, -0.05) is 12.1 Å². The van der Waals surface area contributed by atoms with E-state index in [1.165, 1.54) is 0 Å². The number of nitrogens with one attached hydrogen (secondary N) is 1. The molecule has 0 amide bonds. The number of benzene rings is 1. The summed E-state index contributed by atoms with van der Waals surface area (Å²) in [5.41, 5.74) is 0.820. The predicted molar refractivity (Wildman–Crippen MR) is 80.8 cm³/mol. The van der Waals surface area contributed by atoms with Crippen LogP contribution in [-0.2, 0) is 6.61 Å². The molecule has 112 valence electrons. The van der Waals surface area contributed by atoms with Gasteiger partial charge in [-0.25, -0.2) is 0 Å². The van der Waals surface area contributed by atoms with E-state index in [0.29, 0.717) is 24.2 Å². The topological polar surface area (TPSA) is 83.4 Å². The minimum absolute atomic E-state index is 0.00137. The van der Waals surface area contributed by atoms with E-state index in [2.05, 4.69) is 20.3 Å². The maximum Gasteiger partial charge on any atom is 0.328 e. The van der Waals surface area contributed by atoms with E-state index >= 15 is 0 Å².